The second-order valence-corrected chi connectivity index (χ2v) is 4.92. The SMILES string of the molecule is CCC(CO)NC1CCC(C)C(C)C1. The monoisotopic (exact) mass is 199 g/mol. The van der Waals surface area contributed by atoms with Crippen LogP contribution in [0.2, 0.25) is 0 Å². The molecule has 0 radical (unpaired) electrons. The number of hydrogen-bond acceptors (Lipinski definition) is 2. The molecule has 4 unspecified atom stereocenters. The van der Waals surface area contributed by atoms with Crippen LogP contribution in [-0.2, 0) is 0 Å². The van der Waals surface area contributed by atoms with Crippen molar-refractivity contribution in [3.8, 4) is 0 Å². The van der Waals surface area contributed by atoms with E-state index >= 15 is 0 Å². The molecule has 0 aromatic heterocycles. The highest BCUT2D eigenvalue weighted by atomic mass is 16.3. The van der Waals surface area contributed by atoms with Gasteiger partial charge in [0.2, 0.25) is 0 Å². The summed E-state index contributed by atoms with van der Waals surface area (Å²) in [5, 5.41) is 12.7. The molecule has 1 fully saturated rings. The van der Waals surface area contributed by atoms with Crippen LogP contribution < -0.4 is 5.32 Å². The third-order valence-electron chi connectivity index (χ3n) is 3.78. The van der Waals surface area contributed by atoms with Gasteiger partial charge in [0.15, 0.2) is 0 Å². The number of hydrogen-bond donors (Lipinski definition) is 2. The van der Waals surface area contributed by atoms with Crippen molar-refractivity contribution in [1.29, 1.82) is 0 Å². The number of nitrogens with one attached hydrogen (secondary N) is 1. The summed E-state index contributed by atoms with van der Waals surface area (Å²) in [6, 6.07) is 0.943. The molecule has 0 amide bonds. The van der Waals surface area contributed by atoms with Gasteiger partial charge in [0.05, 0.1) is 6.61 Å². The lowest BCUT2D eigenvalue weighted by molar-refractivity contribution is 0.180. The Morgan fingerprint density at radius 3 is 2.50 bits per heavy atom. The first-order chi connectivity index (χ1) is 6.67. The van der Waals surface area contributed by atoms with Crippen molar-refractivity contribution in [3.63, 3.8) is 0 Å². The van der Waals surface area contributed by atoms with Crippen LogP contribution in [0.1, 0.15) is 46.5 Å². The summed E-state index contributed by atoms with van der Waals surface area (Å²) in [5.41, 5.74) is 0. The fourth-order valence-corrected chi connectivity index (χ4v) is 2.33. The van der Waals surface area contributed by atoms with E-state index in [0.29, 0.717) is 12.1 Å². The van der Waals surface area contributed by atoms with E-state index in [1.807, 2.05) is 0 Å². The van der Waals surface area contributed by atoms with Gasteiger partial charge in [0.25, 0.3) is 0 Å². The highest BCUT2D eigenvalue weighted by Gasteiger charge is 2.25. The van der Waals surface area contributed by atoms with Crippen molar-refractivity contribution in [2.75, 3.05) is 6.61 Å². The van der Waals surface area contributed by atoms with Crippen molar-refractivity contribution >= 4 is 0 Å². The van der Waals surface area contributed by atoms with Gasteiger partial charge in [0.1, 0.15) is 0 Å². The maximum Gasteiger partial charge on any atom is 0.0584 e. The quantitative estimate of drug-likeness (QED) is 0.727. The Labute approximate surface area is 88.1 Å². The molecule has 1 aliphatic carbocycles. The van der Waals surface area contributed by atoms with Crippen molar-refractivity contribution in [1.82, 2.24) is 5.32 Å². The Hall–Kier alpha value is -0.0800. The molecule has 1 aliphatic rings. The first-order valence-corrected chi connectivity index (χ1v) is 6.04. The second kappa shape index (κ2) is 5.72. The highest BCUT2D eigenvalue weighted by Crippen LogP contribution is 2.29. The Kier molecular flexibility index (Phi) is 4.90. The van der Waals surface area contributed by atoms with E-state index in [-0.39, 0.29) is 6.61 Å². The molecule has 0 aromatic carbocycles. The van der Waals surface area contributed by atoms with Crippen LogP contribution in [0.25, 0.3) is 0 Å². The molecular weight excluding hydrogens is 174 g/mol. The van der Waals surface area contributed by atoms with Gasteiger partial charge < -0.3 is 10.4 Å². The summed E-state index contributed by atoms with van der Waals surface area (Å²) < 4.78 is 0. The first kappa shape index (κ1) is 12.0. The standard InChI is InChI=1S/C12H25NO/c1-4-11(8-14)13-12-6-5-9(2)10(3)7-12/h9-14H,4-8H2,1-3H3. The average molecular weight is 199 g/mol. The highest BCUT2D eigenvalue weighted by molar-refractivity contribution is 4.82. The molecule has 0 heterocycles. The van der Waals surface area contributed by atoms with Crippen molar-refractivity contribution in [3.05, 3.63) is 0 Å². The minimum absolute atomic E-state index is 0.275. The predicted molar refractivity (Wildman–Crippen MR) is 60.3 cm³/mol. The molecule has 0 spiro atoms. The molecular formula is C12H25NO. The lowest BCUT2D eigenvalue weighted by Gasteiger charge is -2.34. The Morgan fingerprint density at radius 2 is 2.00 bits per heavy atom. The van der Waals surface area contributed by atoms with Crippen LogP contribution in [-0.4, -0.2) is 23.8 Å². The van der Waals surface area contributed by atoms with E-state index < -0.39 is 0 Å². The van der Waals surface area contributed by atoms with E-state index in [1.54, 1.807) is 0 Å². The van der Waals surface area contributed by atoms with Gasteiger partial charge in [-0.25, -0.2) is 0 Å². The Morgan fingerprint density at radius 1 is 1.29 bits per heavy atom. The first-order valence-electron chi connectivity index (χ1n) is 6.04. The molecule has 2 nitrogen and oxygen atoms in total. The molecule has 1 saturated carbocycles. The van der Waals surface area contributed by atoms with Gasteiger partial charge in [-0.05, 0) is 37.5 Å². The summed E-state index contributed by atoms with van der Waals surface area (Å²) in [6.45, 7) is 7.10. The molecule has 0 bridgehead atoms. The zero-order chi connectivity index (χ0) is 10.6. The third kappa shape index (κ3) is 3.25. The summed E-state index contributed by atoms with van der Waals surface area (Å²) in [7, 11) is 0. The van der Waals surface area contributed by atoms with E-state index in [2.05, 4.69) is 26.1 Å². The van der Waals surface area contributed by atoms with E-state index in [9.17, 15) is 0 Å². The Balaban J connectivity index is 2.32. The van der Waals surface area contributed by atoms with Crippen LogP contribution in [0.4, 0.5) is 0 Å². The van der Waals surface area contributed by atoms with E-state index in [4.69, 9.17) is 5.11 Å². The fraction of sp³-hybridized carbons (Fsp3) is 1.00. The molecule has 0 aliphatic heterocycles. The lowest BCUT2D eigenvalue weighted by atomic mass is 9.79. The van der Waals surface area contributed by atoms with Gasteiger partial charge in [-0.2, -0.15) is 0 Å². The predicted octanol–water partition coefficient (Wildman–Crippen LogP) is 2.17. The minimum atomic E-state index is 0.275. The largest absolute Gasteiger partial charge is 0.395 e. The zero-order valence-corrected chi connectivity index (χ0v) is 9.79. The number of rotatable bonds is 4. The summed E-state index contributed by atoms with van der Waals surface area (Å²) in [5.74, 6) is 1.71. The summed E-state index contributed by atoms with van der Waals surface area (Å²) in [4.78, 5) is 0. The topological polar surface area (TPSA) is 32.3 Å². The minimum Gasteiger partial charge on any atom is -0.395 e. The lowest BCUT2D eigenvalue weighted by Crippen LogP contribution is -2.43. The second-order valence-electron chi connectivity index (χ2n) is 4.92. The molecule has 2 heteroatoms. The number of aliphatic hydroxyl groups excluding tert-OH is 1. The molecule has 0 saturated heterocycles. The smallest absolute Gasteiger partial charge is 0.0584 e. The van der Waals surface area contributed by atoms with Crippen LogP contribution in [0.5, 0.6) is 0 Å². The fourth-order valence-electron chi connectivity index (χ4n) is 2.33. The van der Waals surface area contributed by atoms with Gasteiger partial charge in [-0.3, -0.25) is 0 Å². The van der Waals surface area contributed by atoms with Crippen molar-refractivity contribution < 1.29 is 5.11 Å². The Bertz CT molecular complexity index is 156. The summed E-state index contributed by atoms with van der Waals surface area (Å²) >= 11 is 0. The van der Waals surface area contributed by atoms with Crippen molar-refractivity contribution in [2.45, 2.75) is 58.5 Å². The normalized spacial score (nSPS) is 35.6. The summed E-state index contributed by atoms with van der Waals surface area (Å²) in [6.07, 6.45) is 4.91. The molecule has 2 N–H and O–H groups in total. The van der Waals surface area contributed by atoms with Gasteiger partial charge in [0, 0.05) is 12.1 Å². The van der Waals surface area contributed by atoms with Gasteiger partial charge in [-0.1, -0.05) is 20.8 Å². The molecule has 4 atom stereocenters. The van der Waals surface area contributed by atoms with E-state index in [1.165, 1.54) is 19.3 Å². The molecule has 84 valence electrons. The van der Waals surface area contributed by atoms with E-state index in [0.717, 1.165) is 18.3 Å². The van der Waals surface area contributed by atoms with Gasteiger partial charge in [-0.15, -0.1) is 0 Å². The molecule has 1 rings (SSSR count). The van der Waals surface area contributed by atoms with Crippen LogP contribution in [0.3, 0.4) is 0 Å². The average Bonchev–Trinajstić information content (AvgIpc) is 2.19. The zero-order valence-electron chi connectivity index (χ0n) is 9.79. The van der Waals surface area contributed by atoms with Crippen LogP contribution >= 0.6 is 0 Å². The van der Waals surface area contributed by atoms with Gasteiger partial charge >= 0.3 is 0 Å². The molecule has 0 aromatic rings. The van der Waals surface area contributed by atoms with Crippen LogP contribution in [0.15, 0.2) is 0 Å². The maximum absolute atomic E-state index is 9.11. The molecule has 14 heavy (non-hydrogen) atoms. The van der Waals surface area contributed by atoms with Crippen molar-refractivity contribution in [2.24, 2.45) is 11.8 Å². The maximum atomic E-state index is 9.11. The third-order valence-corrected chi connectivity index (χ3v) is 3.78. The van der Waals surface area contributed by atoms with Crippen LogP contribution in [0, 0.1) is 11.8 Å². The number of aliphatic hydroxyl groups is 1.